The third kappa shape index (κ3) is 4.21. The predicted octanol–water partition coefficient (Wildman–Crippen LogP) is 4.04. The number of carbonyl (C=O) groups excluding carboxylic acids is 2. The van der Waals surface area contributed by atoms with Crippen LogP contribution in [-0.2, 0) is 11.2 Å². The molecule has 0 aromatic heterocycles. The largest absolute Gasteiger partial charge is 0.454 e. The first-order valence-corrected chi connectivity index (χ1v) is 8.82. The summed E-state index contributed by atoms with van der Waals surface area (Å²) in [7, 11) is 0. The van der Waals surface area contributed by atoms with Crippen molar-refractivity contribution in [3.05, 3.63) is 53.6 Å². The van der Waals surface area contributed by atoms with E-state index in [9.17, 15) is 9.59 Å². The number of nitrogens with one attached hydrogen (secondary N) is 2. The second-order valence-corrected chi connectivity index (χ2v) is 6.29. The molecule has 0 spiro atoms. The molecule has 0 bridgehead atoms. The molecule has 3 N–H and O–H groups in total. The van der Waals surface area contributed by atoms with Crippen LogP contribution in [0.4, 0.5) is 5.69 Å². The quantitative estimate of drug-likeness (QED) is 0.398. The van der Waals surface area contributed by atoms with E-state index in [-0.39, 0.29) is 11.8 Å². The summed E-state index contributed by atoms with van der Waals surface area (Å²) >= 11 is 0. The van der Waals surface area contributed by atoms with Gasteiger partial charge in [0, 0.05) is 6.42 Å². The first-order valence-electron chi connectivity index (χ1n) is 8.82. The molecule has 26 heavy (non-hydrogen) atoms. The lowest BCUT2D eigenvalue weighted by Crippen LogP contribution is -2.17. The van der Waals surface area contributed by atoms with Gasteiger partial charge in [-0.15, -0.1) is 0 Å². The van der Waals surface area contributed by atoms with Gasteiger partial charge in [-0.1, -0.05) is 37.1 Å². The van der Waals surface area contributed by atoms with Gasteiger partial charge in [-0.2, -0.15) is 0 Å². The zero-order valence-corrected chi connectivity index (χ0v) is 14.5. The first-order chi connectivity index (χ1) is 12.7. The molecule has 6 heteroatoms. The molecule has 0 unspecified atom stereocenters. The highest BCUT2D eigenvalue weighted by atomic mass is 16.5. The fraction of sp³-hybridized carbons (Fsp3) is 0.300. The van der Waals surface area contributed by atoms with Gasteiger partial charge in [0.25, 0.3) is 5.91 Å². The second kappa shape index (κ2) is 8.49. The van der Waals surface area contributed by atoms with Gasteiger partial charge in [0.2, 0.25) is 5.91 Å². The number of carbonyl (C=O) groups is 2. The van der Waals surface area contributed by atoms with Crippen LogP contribution in [-0.4, -0.2) is 17.0 Å². The Kier molecular flexibility index (Phi) is 5.86. The van der Waals surface area contributed by atoms with Crippen molar-refractivity contribution in [2.45, 2.75) is 38.5 Å². The zero-order chi connectivity index (χ0) is 18.4. The van der Waals surface area contributed by atoms with Crippen LogP contribution < -0.4 is 15.5 Å². The van der Waals surface area contributed by atoms with Crippen LogP contribution in [0.2, 0.25) is 0 Å². The van der Waals surface area contributed by atoms with Crippen molar-refractivity contribution in [1.82, 2.24) is 5.48 Å². The van der Waals surface area contributed by atoms with Gasteiger partial charge in [0.15, 0.2) is 5.75 Å². The number of fused-ring (bicyclic) bond motifs is 2. The zero-order valence-electron chi connectivity index (χ0n) is 14.5. The van der Waals surface area contributed by atoms with Crippen molar-refractivity contribution in [2.24, 2.45) is 0 Å². The van der Waals surface area contributed by atoms with Crippen molar-refractivity contribution in [2.75, 3.05) is 5.32 Å². The Morgan fingerprint density at radius 1 is 1.00 bits per heavy atom. The van der Waals surface area contributed by atoms with Gasteiger partial charge in [-0.3, -0.25) is 14.8 Å². The number of hydroxylamine groups is 1. The summed E-state index contributed by atoms with van der Waals surface area (Å²) in [4.78, 5) is 23.4. The van der Waals surface area contributed by atoms with Crippen LogP contribution in [0.3, 0.4) is 0 Å². The van der Waals surface area contributed by atoms with E-state index in [2.05, 4.69) is 5.32 Å². The fourth-order valence-electron chi connectivity index (χ4n) is 3.06. The van der Waals surface area contributed by atoms with Crippen LogP contribution in [0.15, 0.2) is 42.5 Å². The highest BCUT2D eigenvalue weighted by Crippen LogP contribution is 2.38. The lowest BCUT2D eigenvalue weighted by molar-refractivity contribution is -0.129. The fourth-order valence-corrected chi connectivity index (χ4v) is 3.06. The van der Waals surface area contributed by atoms with Crippen molar-refractivity contribution in [1.29, 1.82) is 0 Å². The molecule has 0 fully saturated rings. The first kappa shape index (κ1) is 17.9. The third-order valence-corrected chi connectivity index (χ3v) is 4.43. The number of aryl methyl sites for hydroxylation is 1. The van der Waals surface area contributed by atoms with Crippen molar-refractivity contribution in [3.8, 4) is 11.5 Å². The van der Waals surface area contributed by atoms with E-state index in [0.29, 0.717) is 23.5 Å². The van der Waals surface area contributed by atoms with Crippen LogP contribution in [0.25, 0.3) is 0 Å². The molecule has 6 nitrogen and oxygen atoms in total. The van der Waals surface area contributed by atoms with Crippen molar-refractivity contribution in [3.63, 3.8) is 0 Å². The third-order valence-electron chi connectivity index (χ3n) is 4.43. The predicted molar refractivity (Wildman–Crippen MR) is 97.6 cm³/mol. The summed E-state index contributed by atoms with van der Waals surface area (Å²) in [5, 5.41) is 11.4. The summed E-state index contributed by atoms with van der Waals surface area (Å²) in [6.07, 6.45) is 4.72. The molecule has 1 aliphatic heterocycles. The number of hydrogen-bond acceptors (Lipinski definition) is 4. The molecule has 1 aliphatic rings. The number of anilines is 1. The summed E-state index contributed by atoms with van der Waals surface area (Å²) in [5.41, 5.74) is 3.93. The highest BCUT2D eigenvalue weighted by molar-refractivity contribution is 6.08. The van der Waals surface area contributed by atoms with E-state index in [0.717, 1.165) is 43.4 Å². The number of para-hydroxylation sites is 2. The van der Waals surface area contributed by atoms with Gasteiger partial charge in [0.1, 0.15) is 5.75 Å². The van der Waals surface area contributed by atoms with E-state index in [1.54, 1.807) is 17.6 Å². The molecule has 0 saturated heterocycles. The Bertz CT molecular complexity index is 804. The Hall–Kier alpha value is -2.86. The molecule has 3 rings (SSSR count). The number of benzene rings is 2. The number of ether oxygens (including phenoxy) is 1. The van der Waals surface area contributed by atoms with Crippen LogP contribution in [0.5, 0.6) is 11.5 Å². The van der Waals surface area contributed by atoms with Crippen LogP contribution in [0.1, 0.15) is 48.0 Å². The minimum atomic E-state index is -0.349. The molecule has 2 aromatic rings. The molecule has 2 amide bonds. The van der Waals surface area contributed by atoms with Crippen molar-refractivity contribution >= 4 is 17.5 Å². The minimum Gasteiger partial charge on any atom is -0.454 e. The van der Waals surface area contributed by atoms with Gasteiger partial charge < -0.3 is 10.1 Å². The molecule has 0 radical (unpaired) electrons. The normalized spacial score (nSPS) is 12.3. The smallest absolute Gasteiger partial charge is 0.259 e. The average Bonchev–Trinajstić information content (AvgIpc) is 2.80. The summed E-state index contributed by atoms with van der Waals surface area (Å²) < 4.78 is 5.95. The summed E-state index contributed by atoms with van der Waals surface area (Å²) in [5.74, 6) is 0.697. The van der Waals surface area contributed by atoms with E-state index >= 15 is 0 Å². The molecule has 0 saturated carbocycles. The Labute approximate surface area is 152 Å². The number of amides is 2. The van der Waals surface area contributed by atoms with Gasteiger partial charge in [0.05, 0.1) is 11.3 Å². The SMILES string of the molecule is O=C(CCCCCCc1cccc2c1NC(=O)c1ccccc1O2)NO. The Balaban J connectivity index is 1.62. The molecular weight excluding hydrogens is 332 g/mol. The summed E-state index contributed by atoms with van der Waals surface area (Å²) in [6.45, 7) is 0. The van der Waals surface area contributed by atoms with Gasteiger partial charge >= 0.3 is 0 Å². The molecule has 0 aliphatic carbocycles. The number of hydrogen-bond donors (Lipinski definition) is 3. The minimum absolute atomic E-state index is 0.165. The van der Waals surface area contributed by atoms with Crippen LogP contribution in [0, 0.1) is 0 Å². The topological polar surface area (TPSA) is 87.7 Å². The van der Waals surface area contributed by atoms with E-state index < -0.39 is 0 Å². The monoisotopic (exact) mass is 354 g/mol. The maximum Gasteiger partial charge on any atom is 0.259 e. The average molecular weight is 354 g/mol. The lowest BCUT2D eigenvalue weighted by atomic mass is 10.0. The highest BCUT2D eigenvalue weighted by Gasteiger charge is 2.22. The number of rotatable bonds is 7. The molecule has 136 valence electrons. The van der Waals surface area contributed by atoms with E-state index in [1.165, 1.54) is 0 Å². The maximum atomic E-state index is 12.5. The Morgan fingerprint density at radius 2 is 1.77 bits per heavy atom. The molecule has 0 atom stereocenters. The van der Waals surface area contributed by atoms with E-state index in [1.807, 2.05) is 30.3 Å². The van der Waals surface area contributed by atoms with Gasteiger partial charge in [-0.05, 0) is 43.0 Å². The van der Waals surface area contributed by atoms with E-state index in [4.69, 9.17) is 9.94 Å². The van der Waals surface area contributed by atoms with Crippen molar-refractivity contribution < 1.29 is 19.5 Å². The lowest BCUT2D eigenvalue weighted by Gasteiger charge is -2.12. The van der Waals surface area contributed by atoms with Crippen LogP contribution >= 0.6 is 0 Å². The molecule has 2 aromatic carbocycles. The molecular formula is C20H22N2O4. The molecule has 1 heterocycles. The van der Waals surface area contributed by atoms with Gasteiger partial charge in [-0.25, -0.2) is 5.48 Å². The summed E-state index contributed by atoms with van der Waals surface area (Å²) in [6, 6.07) is 13.0. The standard InChI is InChI=1S/C20H22N2O4/c23-18(22-25)13-4-2-1-3-8-14-9-7-12-17-19(14)21-20(24)15-10-5-6-11-16(15)26-17/h5-7,9-12,25H,1-4,8,13H2,(H,21,24)(H,22,23). The maximum absolute atomic E-state index is 12.5. The Morgan fingerprint density at radius 3 is 2.62 bits per heavy atom. The number of unbranched alkanes of at least 4 members (excludes halogenated alkanes) is 3. The second-order valence-electron chi connectivity index (χ2n) is 6.29.